The van der Waals surface area contributed by atoms with E-state index in [9.17, 15) is 0 Å². The Morgan fingerprint density at radius 2 is 2.00 bits per heavy atom. The molecule has 0 aliphatic rings. The van der Waals surface area contributed by atoms with Crippen molar-refractivity contribution in [3.8, 4) is 11.8 Å². The van der Waals surface area contributed by atoms with Gasteiger partial charge in [0.2, 0.25) is 0 Å². The Morgan fingerprint density at radius 3 is 2.60 bits per heavy atom. The molecule has 1 heteroatoms. The highest BCUT2D eigenvalue weighted by Gasteiger charge is 1.95. The van der Waals surface area contributed by atoms with Crippen LogP contribution >= 0.6 is 0 Å². The minimum Gasteiger partial charge on any atom is -0.318 e. The first kappa shape index (κ1) is 11.8. The van der Waals surface area contributed by atoms with Crippen LogP contribution in [0.3, 0.4) is 0 Å². The summed E-state index contributed by atoms with van der Waals surface area (Å²) in [5.74, 6) is 6.20. The Bertz CT molecular complexity index is 382. The maximum Gasteiger partial charge on any atom is 0.0668 e. The molecule has 15 heavy (non-hydrogen) atoms. The lowest BCUT2D eigenvalue weighted by Gasteiger charge is -2.01. The summed E-state index contributed by atoms with van der Waals surface area (Å²) in [7, 11) is 0. The Morgan fingerprint density at radius 1 is 1.27 bits per heavy atom. The monoisotopic (exact) mass is 201 g/mol. The van der Waals surface area contributed by atoms with Crippen molar-refractivity contribution in [1.82, 2.24) is 0 Å². The second-order valence-electron chi connectivity index (χ2n) is 3.96. The predicted octanol–water partition coefficient (Wildman–Crippen LogP) is 2.78. The fourth-order valence-electron chi connectivity index (χ4n) is 1.38. The van der Waals surface area contributed by atoms with E-state index in [0.29, 0.717) is 0 Å². The molecule has 80 valence electrons. The lowest BCUT2D eigenvalue weighted by molar-refractivity contribution is 0.720. The van der Waals surface area contributed by atoms with Crippen LogP contribution in [-0.4, -0.2) is 6.04 Å². The van der Waals surface area contributed by atoms with Gasteiger partial charge in [0, 0.05) is 5.56 Å². The Kier molecular flexibility index (Phi) is 4.39. The third-order valence-electron chi connectivity index (χ3n) is 2.51. The van der Waals surface area contributed by atoms with E-state index in [-0.39, 0.29) is 6.04 Å². The van der Waals surface area contributed by atoms with Gasteiger partial charge in [-0.3, -0.25) is 0 Å². The number of benzene rings is 1. The first-order valence-corrected chi connectivity index (χ1v) is 5.48. The Labute approximate surface area is 92.7 Å². The fraction of sp³-hybridized carbons (Fsp3) is 0.429. The van der Waals surface area contributed by atoms with E-state index in [1.807, 2.05) is 6.07 Å². The summed E-state index contributed by atoms with van der Waals surface area (Å²) in [6, 6.07) is 6.27. The average Bonchev–Trinajstić information content (AvgIpc) is 2.20. The molecule has 1 aromatic rings. The summed E-state index contributed by atoms with van der Waals surface area (Å²) in [4.78, 5) is 0. The molecular weight excluding hydrogens is 182 g/mol. The van der Waals surface area contributed by atoms with E-state index in [1.54, 1.807) is 0 Å². The highest BCUT2D eigenvalue weighted by Crippen LogP contribution is 2.08. The zero-order chi connectivity index (χ0) is 11.3. The van der Waals surface area contributed by atoms with Gasteiger partial charge >= 0.3 is 0 Å². The van der Waals surface area contributed by atoms with Crippen molar-refractivity contribution in [2.45, 2.75) is 39.7 Å². The Balaban J connectivity index is 2.76. The summed E-state index contributed by atoms with van der Waals surface area (Å²) in [5.41, 5.74) is 9.47. The molecule has 1 rings (SSSR count). The molecule has 1 aromatic carbocycles. The van der Waals surface area contributed by atoms with Gasteiger partial charge in [-0.05, 0) is 43.5 Å². The predicted molar refractivity (Wildman–Crippen MR) is 65.7 cm³/mol. The van der Waals surface area contributed by atoms with Gasteiger partial charge in [-0.15, -0.1) is 0 Å². The first-order valence-electron chi connectivity index (χ1n) is 5.48. The van der Waals surface area contributed by atoms with Gasteiger partial charge in [0.15, 0.2) is 0 Å². The van der Waals surface area contributed by atoms with Crippen LogP contribution in [0, 0.1) is 25.7 Å². The van der Waals surface area contributed by atoms with Gasteiger partial charge < -0.3 is 5.73 Å². The molecule has 0 saturated carbocycles. The lowest BCUT2D eigenvalue weighted by Crippen LogP contribution is -2.16. The zero-order valence-corrected chi connectivity index (χ0v) is 9.80. The maximum absolute atomic E-state index is 5.83. The van der Waals surface area contributed by atoms with Crippen LogP contribution < -0.4 is 5.73 Å². The standard InChI is InChI=1S/C14H19N/c1-4-5-14(15)9-8-13-7-6-11(2)12(3)10-13/h6-7,10,14H,4-5,15H2,1-3H3. The van der Waals surface area contributed by atoms with Crippen LogP contribution in [0.2, 0.25) is 0 Å². The minimum absolute atomic E-state index is 0.0107. The van der Waals surface area contributed by atoms with Gasteiger partial charge in [-0.2, -0.15) is 0 Å². The van der Waals surface area contributed by atoms with E-state index in [2.05, 4.69) is 44.7 Å². The number of hydrogen-bond acceptors (Lipinski definition) is 1. The van der Waals surface area contributed by atoms with Crippen LogP contribution in [-0.2, 0) is 0 Å². The molecule has 0 aliphatic heterocycles. The van der Waals surface area contributed by atoms with Crippen LogP contribution in [0.5, 0.6) is 0 Å². The highest BCUT2D eigenvalue weighted by atomic mass is 14.6. The van der Waals surface area contributed by atoms with Crippen LogP contribution in [0.4, 0.5) is 0 Å². The minimum atomic E-state index is 0.0107. The highest BCUT2D eigenvalue weighted by molar-refractivity contribution is 5.40. The molecule has 0 fully saturated rings. The quantitative estimate of drug-likeness (QED) is 0.732. The third kappa shape index (κ3) is 3.77. The summed E-state index contributed by atoms with van der Waals surface area (Å²) in [5, 5.41) is 0. The number of nitrogens with two attached hydrogens (primary N) is 1. The number of hydrogen-bond donors (Lipinski definition) is 1. The maximum atomic E-state index is 5.83. The molecule has 0 amide bonds. The molecule has 0 aliphatic carbocycles. The van der Waals surface area contributed by atoms with Gasteiger partial charge in [-0.1, -0.05) is 31.3 Å². The van der Waals surface area contributed by atoms with Crippen molar-refractivity contribution in [1.29, 1.82) is 0 Å². The topological polar surface area (TPSA) is 26.0 Å². The van der Waals surface area contributed by atoms with Crippen molar-refractivity contribution < 1.29 is 0 Å². The fourth-order valence-corrected chi connectivity index (χ4v) is 1.38. The van der Waals surface area contributed by atoms with Crippen molar-refractivity contribution in [3.63, 3.8) is 0 Å². The van der Waals surface area contributed by atoms with Crippen LogP contribution in [0.25, 0.3) is 0 Å². The largest absolute Gasteiger partial charge is 0.318 e. The summed E-state index contributed by atoms with van der Waals surface area (Å²) < 4.78 is 0. The van der Waals surface area contributed by atoms with E-state index >= 15 is 0 Å². The average molecular weight is 201 g/mol. The molecule has 1 nitrogen and oxygen atoms in total. The van der Waals surface area contributed by atoms with E-state index < -0.39 is 0 Å². The van der Waals surface area contributed by atoms with Crippen LogP contribution in [0.1, 0.15) is 36.5 Å². The summed E-state index contributed by atoms with van der Waals surface area (Å²) >= 11 is 0. The van der Waals surface area contributed by atoms with Crippen molar-refractivity contribution in [3.05, 3.63) is 34.9 Å². The van der Waals surface area contributed by atoms with E-state index in [0.717, 1.165) is 18.4 Å². The molecule has 0 aromatic heterocycles. The first-order chi connectivity index (χ1) is 7.13. The number of rotatable bonds is 2. The summed E-state index contributed by atoms with van der Waals surface area (Å²) in [6.45, 7) is 6.33. The molecule has 0 bridgehead atoms. The van der Waals surface area contributed by atoms with Gasteiger partial charge in [0.25, 0.3) is 0 Å². The van der Waals surface area contributed by atoms with E-state index in [4.69, 9.17) is 5.73 Å². The molecule has 1 unspecified atom stereocenters. The molecule has 0 radical (unpaired) electrons. The van der Waals surface area contributed by atoms with Crippen molar-refractivity contribution >= 4 is 0 Å². The van der Waals surface area contributed by atoms with Gasteiger partial charge in [0.05, 0.1) is 6.04 Å². The van der Waals surface area contributed by atoms with Crippen molar-refractivity contribution in [2.75, 3.05) is 0 Å². The lowest BCUT2D eigenvalue weighted by atomic mass is 10.1. The normalized spacial score (nSPS) is 11.7. The molecular formula is C14H19N. The zero-order valence-electron chi connectivity index (χ0n) is 9.80. The van der Waals surface area contributed by atoms with Crippen molar-refractivity contribution in [2.24, 2.45) is 5.73 Å². The SMILES string of the molecule is CCCC(N)C#Cc1ccc(C)c(C)c1. The van der Waals surface area contributed by atoms with E-state index in [1.165, 1.54) is 11.1 Å². The molecule has 2 N–H and O–H groups in total. The number of aryl methyl sites for hydroxylation is 2. The molecule has 0 saturated heterocycles. The molecule has 1 atom stereocenters. The molecule has 0 heterocycles. The Hall–Kier alpha value is -1.26. The third-order valence-corrected chi connectivity index (χ3v) is 2.51. The second-order valence-corrected chi connectivity index (χ2v) is 3.96. The van der Waals surface area contributed by atoms with Gasteiger partial charge in [0.1, 0.15) is 0 Å². The summed E-state index contributed by atoms with van der Waals surface area (Å²) in [6.07, 6.45) is 2.06. The van der Waals surface area contributed by atoms with Crippen LogP contribution in [0.15, 0.2) is 18.2 Å². The second kappa shape index (κ2) is 5.58. The van der Waals surface area contributed by atoms with Gasteiger partial charge in [-0.25, -0.2) is 0 Å². The smallest absolute Gasteiger partial charge is 0.0668 e. The molecule has 0 spiro atoms.